The lowest BCUT2D eigenvalue weighted by Crippen LogP contribution is -2.26. The van der Waals surface area contributed by atoms with Crippen molar-refractivity contribution >= 4 is 21.4 Å². The molecule has 0 amide bonds. The van der Waals surface area contributed by atoms with E-state index in [2.05, 4.69) is 5.32 Å². The molecule has 0 aliphatic heterocycles. The number of ether oxygens (including phenoxy) is 1. The molecule has 0 bridgehead atoms. The lowest BCUT2D eigenvalue weighted by molar-refractivity contribution is 0.184. The highest BCUT2D eigenvalue weighted by atomic mass is 32.2. The third-order valence-corrected chi connectivity index (χ3v) is 4.92. The van der Waals surface area contributed by atoms with Crippen LogP contribution in [0.25, 0.3) is 0 Å². The number of anilines is 2. The van der Waals surface area contributed by atoms with Gasteiger partial charge in [0, 0.05) is 27.2 Å². The van der Waals surface area contributed by atoms with Gasteiger partial charge in [-0.05, 0) is 18.6 Å². The highest BCUT2D eigenvalue weighted by Crippen LogP contribution is 2.28. The number of hydrogen-bond donors (Lipinski definition) is 2. The summed E-state index contributed by atoms with van der Waals surface area (Å²) < 4.78 is 30.6. The molecule has 1 aromatic rings. The minimum Gasteiger partial charge on any atom is -0.396 e. The molecule has 114 valence electrons. The fraction of sp³-hybridized carbons (Fsp3) is 0.538. The van der Waals surface area contributed by atoms with E-state index in [1.165, 1.54) is 20.2 Å². The van der Waals surface area contributed by atoms with Gasteiger partial charge in [0.1, 0.15) is 4.90 Å². The zero-order valence-corrected chi connectivity index (χ0v) is 13.2. The van der Waals surface area contributed by atoms with Crippen molar-refractivity contribution in [2.75, 3.05) is 38.9 Å². The van der Waals surface area contributed by atoms with Gasteiger partial charge in [0.2, 0.25) is 10.0 Å². The maximum atomic E-state index is 12.2. The minimum absolute atomic E-state index is 0.0830. The second-order valence-electron chi connectivity index (χ2n) is 4.71. The Morgan fingerprint density at radius 1 is 1.40 bits per heavy atom. The van der Waals surface area contributed by atoms with Crippen LogP contribution >= 0.6 is 0 Å². The first-order valence-electron chi connectivity index (χ1n) is 6.41. The van der Waals surface area contributed by atoms with Crippen molar-refractivity contribution in [3.63, 3.8) is 0 Å². The van der Waals surface area contributed by atoms with Crippen molar-refractivity contribution in [1.82, 2.24) is 4.31 Å². The molecular formula is C13H23N3O3S. The molecule has 0 aliphatic rings. The highest BCUT2D eigenvalue weighted by molar-refractivity contribution is 7.89. The SMILES string of the molecule is CCC(COC)Nc1cccc(S(=O)(=O)N(C)C)c1N. The summed E-state index contributed by atoms with van der Waals surface area (Å²) in [6.07, 6.45) is 0.845. The molecule has 20 heavy (non-hydrogen) atoms. The van der Waals surface area contributed by atoms with Gasteiger partial charge in [0.15, 0.2) is 0 Å². The smallest absolute Gasteiger partial charge is 0.244 e. The number of methoxy groups -OCH3 is 1. The topological polar surface area (TPSA) is 84.7 Å². The fourth-order valence-electron chi connectivity index (χ4n) is 1.77. The molecule has 1 unspecified atom stereocenters. The summed E-state index contributed by atoms with van der Waals surface area (Å²) in [7, 11) is 1.04. The second-order valence-corrected chi connectivity index (χ2v) is 6.83. The molecule has 0 aliphatic carbocycles. The van der Waals surface area contributed by atoms with Crippen LogP contribution in [0.2, 0.25) is 0 Å². The molecule has 0 saturated heterocycles. The number of para-hydroxylation sites is 1. The summed E-state index contributed by atoms with van der Waals surface area (Å²) in [6.45, 7) is 2.55. The van der Waals surface area contributed by atoms with Crippen molar-refractivity contribution in [3.8, 4) is 0 Å². The highest BCUT2D eigenvalue weighted by Gasteiger charge is 2.22. The Hall–Kier alpha value is -1.31. The molecule has 0 saturated carbocycles. The lowest BCUT2D eigenvalue weighted by atomic mass is 10.2. The van der Waals surface area contributed by atoms with Gasteiger partial charge in [0.25, 0.3) is 0 Å². The van der Waals surface area contributed by atoms with Crippen molar-refractivity contribution in [2.24, 2.45) is 0 Å². The van der Waals surface area contributed by atoms with E-state index in [-0.39, 0.29) is 16.6 Å². The van der Waals surface area contributed by atoms with Crippen LogP contribution in [0.4, 0.5) is 11.4 Å². The monoisotopic (exact) mass is 301 g/mol. The Balaban J connectivity index is 3.14. The van der Waals surface area contributed by atoms with Crippen molar-refractivity contribution in [1.29, 1.82) is 0 Å². The summed E-state index contributed by atoms with van der Waals surface area (Å²) in [5.41, 5.74) is 6.84. The van der Waals surface area contributed by atoms with E-state index in [9.17, 15) is 8.42 Å². The number of rotatable bonds is 7. The fourth-order valence-corrected chi connectivity index (χ4v) is 2.81. The molecule has 0 fully saturated rings. The molecule has 0 heterocycles. The standard InChI is InChI=1S/C13H23N3O3S/c1-5-10(9-19-4)15-11-7-6-8-12(13(11)14)20(17,18)16(2)3/h6-8,10,15H,5,9,14H2,1-4H3. The summed E-state index contributed by atoms with van der Waals surface area (Å²) in [4.78, 5) is 0.111. The van der Waals surface area contributed by atoms with E-state index in [0.717, 1.165) is 10.7 Å². The quantitative estimate of drug-likeness (QED) is 0.743. The predicted octanol–water partition coefficient (Wildman–Crippen LogP) is 1.36. The molecule has 0 spiro atoms. The molecule has 1 rings (SSSR count). The number of benzene rings is 1. The first-order valence-corrected chi connectivity index (χ1v) is 7.85. The van der Waals surface area contributed by atoms with E-state index in [1.807, 2.05) is 6.92 Å². The predicted molar refractivity (Wildman–Crippen MR) is 81.3 cm³/mol. The number of hydrogen-bond acceptors (Lipinski definition) is 5. The van der Waals surface area contributed by atoms with Gasteiger partial charge < -0.3 is 15.8 Å². The van der Waals surface area contributed by atoms with Gasteiger partial charge in [-0.1, -0.05) is 13.0 Å². The molecular weight excluding hydrogens is 278 g/mol. The Bertz CT molecular complexity index is 544. The largest absolute Gasteiger partial charge is 0.396 e. The summed E-state index contributed by atoms with van der Waals surface area (Å²) >= 11 is 0. The molecule has 3 N–H and O–H groups in total. The first-order chi connectivity index (χ1) is 9.34. The van der Waals surface area contributed by atoms with E-state index in [0.29, 0.717) is 12.3 Å². The van der Waals surface area contributed by atoms with Crippen molar-refractivity contribution in [2.45, 2.75) is 24.3 Å². The van der Waals surface area contributed by atoms with Gasteiger partial charge in [-0.3, -0.25) is 0 Å². The molecule has 6 nitrogen and oxygen atoms in total. The third kappa shape index (κ3) is 3.62. The minimum atomic E-state index is -3.55. The van der Waals surface area contributed by atoms with Crippen LogP contribution in [0.3, 0.4) is 0 Å². The second kappa shape index (κ2) is 6.92. The molecule has 0 aromatic heterocycles. The Morgan fingerprint density at radius 3 is 2.55 bits per heavy atom. The molecule has 0 radical (unpaired) electrons. The Morgan fingerprint density at radius 2 is 2.05 bits per heavy atom. The number of nitrogens with one attached hydrogen (secondary N) is 1. The van der Waals surface area contributed by atoms with E-state index < -0.39 is 10.0 Å². The number of nitrogens with two attached hydrogens (primary N) is 1. The normalized spacial score (nSPS) is 13.4. The van der Waals surface area contributed by atoms with Crippen LogP contribution in [0.1, 0.15) is 13.3 Å². The average Bonchev–Trinajstić information content (AvgIpc) is 2.39. The number of nitrogen functional groups attached to an aromatic ring is 1. The van der Waals surface area contributed by atoms with Crippen molar-refractivity contribution in [3.05, 3.63) is 18.2 Å². The number of nitrogens with zero attached hydrogens (tertiary/aromatic N) is 1. The molecule has 7 heteroatoms. The molecule has 1 atom stereocenters. The van der Waals surface area contributed by atoms with Gasteiger partial charge in [-0.25, -0.2) is 12.7 Å². The average molecular weight is 301 g/mol. The summed E-state index contributed by atoms with van der Waals surface area (Å²) in [6, 6.07) is 5.03. The first kappa shape index (κ1) is 16.7. The van der Waals surface area contributed by atoms with Crippen molar-refractivity contribution < 1.29 is 13.2 Å². The summed E-state index contributed by atoms with van der Waals surface area (Å²) in [5, 5.41) is 3.22. The van der Waals surface area contributed by atoms with Gasteiger partial charge in [-0.15, -0.1) is 0 Å². The number of sulfonamides is 1. The van der Waals surface area contributed by atoms with Crippen LogP contribution in [0.15, 0.2) is 23.1 Å². The van der Waals surface area contributed by atoms with Crippen LogP contribution < -0.4 is 11.1 Å². The third-order valence-electron chi connectivity index (χ3n) is 3.05. The zero-order chi connectivity index (χ0) is 15.3. The van der Waals surface area contributed by atoms with Gasteiger partial charge in [0.05, 0.1) is 18.0 Å². The van der Waals surface area contributed by atoms with E-state index >= 15 is 0 Å². The lowest BCUT2D eigenvalue weighted by Gasteiger charge is -2.21. The van der Waals surface area contributed by atoms with E-state index in [4.69, 9.17) is 10.5 Å². The maximum absolute atomic E-state index is 12.2. The van der Waals surface area contributed by atoms with Crippen LogP contribution in [0, 0.1) is 0 Å². The van der Waals surface area contributed by atoms with Crippen LogP contribution in [0.5, 0.6) is 0 Å². The summed E-state index contributed by atoms with van der Waals surface area (Å²) in [5.74, 6) is 0. The van der Waals surface area contributed by atoms with Gasteiger partial charge in [-0.2, -0.15) is 0 Å². The molecule has 1 aromatic carbocycles. The van der Waals surface area contributed by atoms with Crippen LogP contribution in [-0.2, 0) is 14.8 Å². The maximum Gasteiger partial charge on any atom is 0.244 e. The van der Waals surface area contributed by atoms with Gasteiger partial charge >= 0.3 is 0 Å². The van der Waals surface area contributed by atoms with E-state index in [1.54, 1.807) is 19.2 Å². The Labute approximate surface area is 121 Å². The van der Waals surface area contributed by atoms with Crippen LogP contribution in [-0.4, -0.2) is 46.6 Å². The zero-order valence-electron chi connectivity index (χ0n) is 12.4. The Kier molecular flexibility index (Phi) is 5.79.